The van der Waals surface area contributed by atoms with Crippen molar-refractivity contribution in [2.75, 3.05) is 5.32 Å². The van der Waals surface area contributed by atoms with Gasteiger partial charge in [-0.2, -0.15) is 4.52 Å². The number of hydrogen-bond donors (Lipinski definition) is 1. The van der Waals surface area contributed by atoms with Gasteiger partial charge in [-0.05, 0) is 47.9 Å². The van der Waals surface area contributed by atoms with Gasteiger partial charge in [0.05, 0.1) is 11.0 Å². The van der Waals surface area contributed by atoms with Gasteiger partial charge in [0.1, 0.15) is 0 Å². The van der Waals surface area contributed by atoms with Crippen LogP contribution < -0.4 is 5.32 Å². The summed E-state index contributed by atoms with van der Waals surface area (Å²) in [5.74, 6) is 0.799. The zero-order valence-electron chi connectivity index (χ0n) is 12.8. The van der Waals surface area contributed by atoms with Crippen molar-refractivity contribution in [3.63, 3.8) is 0 Å². The number of tetrazole rings is 1. The molecule has 2 aromatic heterocycles. The Kier molecular flexibility index (Phi) is 3.36. The van der Waals surface area contributed by atoms with Gasteiger partial charge in [-0.3, -0.25) is 0 Å². The van der Waals surface area contributed by atoms with Crippen molar-refractivity contribution in [3.8, 4) is 0 Å². The first kappa shape index (κ1) is 13.4. The molecule has 0 atom stereocenters. The van der Waals surface area contributed by atoms with E-state index in [1.54, 1.807) is 4.52 Å². The number of benzene rings is 1. The van der Waals surface area contributed by atoms with E-state index >= 15 is 0 Å². The molecule has 3 aromatic rings. The first-order valence-corrected chi connectivity index (χ1v) is 8.06. The lowest BCUT2D eigenvalue weighted by Gasteiger charge is -2.17. The third-order valence-corrected chi connectivity index (χ3v) is 4.47. The summed E-state index contributed by atoms with van der Waals surface area (Å²) in [4.78, 5) is 4.77. The van der Waals surface area contributed by atoms with E-state index in [0.29, 0.717) is 11.7 Å². The molecule has 2 heterocycles. The fourth-order valence-corrected chi connectivity index (χ4v) is 3.28. The van der Waals surface area contributed by atoms with Gasteiger partial charge in [0.25, 0.3) is 0 Å². The lowest BCUT2D eigenvalue weighted by Crippen LogP contribution is -2.20. The summed E-state index contributed by atoms with van der Waals surface area (Å²) in [6.45, 7) is 2.06. The minimum atomic E-state index is 0.471. The SMILES string of the molecule is Cc1ccc2nc(NC3CCCCCC3)c3nnnn3c2c1. The average molecular weight is 296 g/mol. The molecule has 1 aliphatic rings. The zero-order valence-corrected chi connectivity index (χ0v) is 12.8. The molecule has 0 unspecified atom stereocenters. The number of hydrogen-bond acceptors (Lipinski definition) is 5. The number of nitrogens with zero attached hydrogens (tertiary/aromatic N) is 5. The standard InChI is InChI=1S/C16H20N6/c1-11-8-9-13-14(10-11)22-16(19-20-21-22)15(18-13)17-12-6-4-2-3-5-7-12/h8-10,12H,2-7H2,1H3,(H,17,18). The van der Waals surface area contributed by atoms with Crippen molar-refractivity contribution >= 4 is 22.5 Å². The normalized spacial score (nSPS) is 17.0. The summed E-state index contributed by atoms with van der Waals surface area (Å²) < 4.78 is 1.79. The summed E-state index contributed by atoms with van der Waals surface area (Å²) in [6.07, 6.45) is 7.63. The van der Waals surface area contributed by atoms with Crippen LogP contribution in [-0.2, 0) is 0 Å². The van der Waals surface area contributed by atoms with Crippen LogP contribution in [0, 0.1) is 6.92 Å². The highest BCUT2D eigenvalue weighted by molar-refractivity contribution is 5.82. The van der Waals surface area contributed by atoms with Crippen molar-refractivity contribution in [1.82, 2.24) is 25.0 Å². The Morgan fingerprint density at radius 3 is 2.77 bits per heavy atom. The number of nitrogens with one attached hydrogen (secondary N) is 1. The fraction of sp³-hybridized carbons (Fsp3) is 0.500. The molecule has 6 nitrogen and oxygen atoms in total. The molecule has 0 amide bonds. The van der Waals surface area contributed by atoms with Crippen LogP contribution in [0.3, 0.4) is 0 Å². The Balaban J connectivity index is 1.78. The first-order valence-electron chi connectivity index (χ1n) is 8.06. The molecule has 4 rings (SSSR count). The number of aryl methyl sites for hydroxylation is 1. The Labute approximate surface area is 128 Å². The van der Waals surface area contributed by atoms with Gasteiger partial charge >= 0.3 is 0 Å². The molecule has 114 valence electrons. The van der Waals surface area contributed by atoms with Crippen molar-refractivity contribution in [2.45, 2.75) is 51.5 Å². The maximum absolute atomic E-state index is 4.77. The second-order valence-electron chi connectivity index (χ2n) is 6.20. The molecule has 1 aromatic carbocycles. The number of anilines is 1. The Bertz CT molecular complexity index is 801. The fourth-order valence-electron chi connectivity index (χ4n) is 3.28. The van der Waals surface area contributed by atoms with E-state index in [0.717, 1.165) is 16.9 Å². The lowest BCUT2D eigenvalue weighted by molar-refractivity contribution is 0.618. The molecular formula is C16H20N6. The zero-order chi connectivity index (χ0) is 14.9. The number of aromatic nitrogens is 5. The first-order chi connectivity index (χ1) is 10.8. The second-order valence-corrected chi connectivity index (χ2v) is 6.20. The molecule has 22 heavy (non-hydrogen) atoms. The van der Waals surface area contributed by atoms with Gasteiger partial charge in [0.15, 0.2) is 5.82 Å². The summed E-state index contributed by atoms with van der Waals surface area (Å²) in [5.41, 5.74) is 3.76. The number of fused-ring (bicyclic) bond motifs is 3. The molecule has 0 radical (unpaired) electrons. The topological polar surface area (TPSA) is 68.0 Å². The summed E-state index contributed by atoms with van der Waals surface area (Å²) >= 11 is 0. The lowest BCUT2D eigenvalue weighted by atomic mass is 10.1. The van der Waals surface area contributed by atoms with Crippen molar-refractivity contribution in [2.24, 2.45) is 0 Å². The Morgan fingerprint density at radius 1 is 1.14 bits per heavy atom. The van der Waals surface area contributed by atoms with Gasteiger partial charge in [0.2, 0.25) is 5.65 Å². The summed E-state index contributed by atoms with van der Waals surface area (Å²) in [7, 11) is 0. The van der Waals surface area contributed by atoms with Crippen LogP contribution in [-0.4, -0.2) is 31.1 Å². The molecule has 0 aliphatic heterocycles. The molecule has 6 heteroatoms. The molecule has 0 saturated heterocycles. The van der Waals surface area contributed by atoms with Gasteiger partial charge in [-0.15, -0.1) is 5.10 Å². The highest BCUT2D eigenvalue weighted by Gasteiger charge is 2.17. The van der Waals surface area contributed by atoms with Gasteiger partial charge in [-0.25, -0.2) is 4.98 Å². The number of rotatable bonds is 2. The quantitative estimate of drug-likeness (QED) is 0.736. The maximum Gasteiger partial charge on any atom is 0.222 e. The van der Waals surface area contributed by atoms with E-state index in [-0.39, 0.29) is 0 Å². The molecule has 0 spiro atoms. The summed E-state index contributed by atoms with van der Waals surface area (Å²) in [6, 6.07) is 6.64. The minimum Gasteiger partial charge on any atom is -0.364 e. The molecule has 1 N–H and O–H groups in total. The highest BCUT2D eigenvalue weighted by Crippen LogP contribution is 2.24. The third kappa shape index (κ3) is 2.38. The van der Waals surface area contributed by atoms with Gasteiger partial charge < -0.3 is 5.32 Å². The van der Waals surface area contributed by atoms with Crippen LogP contribution in [0.4, 0.5) is 5.82 Å². The van der Waals surface area contributed by atoms with E-state index in [1.165, 1.54) is 44.1 Å². The minimum absolute atomic E-state index is 0.471. The van der Waals surface area contributed by atoms with Gasteiger partial charge in [-0.1, -0.05) is 31.7 Å². The van der Waals surface area contributed by atoms with Crippen LogP contribution in [0.25, 0.3) is 16.7 Å². The van der Waals surface area contributed by atoms with Crippen LogP contribution in [0.15, 0.2) is 18.2 Å². The average Bonchev–Trinajstić information content (AvgIpc) is 2.88. The maximum atomic E-state index is 4.77. The summed E-state index contributed by atoms with van der Waals surface area (Å²) in [5, 5.41) is 15.7. The Morgan fingerprint density at radius 2 is 1.95 bits per heavy atom. The monoisotopic (exact) mass is 296 g/mol. The molecule has 1 saturated carbocycles. The van der Waals surface area contributed by atoms with E-state index in [1.807, 2.05) is 6.07 Å². The van der Waals surface area contributed by atoms with E-state index in [2.05, 4.69) is 39.9 Å². The van der Waals surface area contributed by atoms with Crippen LogP contribution >= 0.6 is 0 Å². The van der Waals surface area contributed by atoms with Gasteiger partial charge in [0, 0.05) is 6.04 Å². The van der Waals surface area contributed by atoms with E-state index in [4.69, 9.17) is 4.98 Å². The van der Waals surface area contributed by atoms with E-state index < -0.39 is 0 Å². The van der Waals surface area contributed by atoms with Crippen LogP contribution in [0.1, 0.15) is 44.1 Å². The largest absolute Gasteiger partial charge is 0.364 e. The second kappa shape index (κ2) is 5.51. The molecule has 0 bridgehead atoms. The molecule has 1 aliphatic carbocycles. The predicted octanol–water partition coefficient (Wildman–Crippen LogP) is 3.12. The Hall–Kier alpha value is -2.24. The highest BCUT2D eigenvalue weighted by atomic mass is 15.5. The third-order valence-electron chi connectivity index (χ3n) is 4.47. The molecular weight excluding hydrogens is 276 g/mol. The van der Waals surface area contributed by atoms with Crippen molar-refractivity contribution in [1.29, 1.82) is 0 Å². The van der Waals surface area contributed by atoms with Crippen molar-refractivity contribution in [3.05, 3.63) is 23.8 Å². The van der Waals surface area contributed by atoms with Crippen LogP contribution in [0.5, 0.6) is 0 Å². The van der Waals surface area contributed by atoms with Crippen LogP contribution in [0.2, 0.25) is 0 Å². The predicted molar refractivity (Wildman–Crippen MR) is 85.9 cm³/mol. The smallest absolute Gasteiger partial charge is 0.222 e. The van der Waals surface area contributed by atoms with E-state index in [9.17, 15) is 0 Å². The molecule has 1 fully saturated rings. The van der Waals surface area contributed by atoms with Crippen molar-refractivity contribution < 1.29 is 0 Å².